The first-order chi connectivity index (χ1) is 12.3. The fourth-order valence-corrected chi connectivity index (χ4v) is 3.28. The van der Waals surface area contributed by atoms with Crippen LogP contribution in [0.15, 0.2) is 97.5 Å². The van der Waals surface area contributed by atoms with Crippen molar-refractivity contribution in [2.45, 2.75) is 13.0 Å². The maximum Gasteiger partial charge on any atom is 0.0956 e. The molecule has 2 nitrogen and oxygen atoms in total. The van der Waals surface area contributed by atoms with Gasteiger partial charge in [0, 0.05) is 11.9 Å². The van der Waals surface area contributed by atoms with Crippen LogP contribution >= 0.6 is 0 Å². The maximum absolute atomic E-state index is 4.32. The molecule has 0 radical (unpaired) electrons. The van der Waals surface area contributed by atoms with Crippen LogP contribution in [0.5, 0.6) is 0 Å². The fourth-order valence-electron chi connectivity index (χ4n) is 3.28. The molecule has 4 aromatic rings. The van der Waals surface area contributed by atoms with E-state index in [2.05, 4.69) is 95.3 Å². The van der Waals surface area contributed by atoms with Crippen LogP contribution in [0.2, 0.25) is 0 Å². The molecule has 0 amide bonds. The van der Waals surface area contributed by atoms with Crippen LogP contribution in [0.3, 0.4) is 0 Å². The fraction of sp³-hybridized carbons (Fsp3) is 0.0870. The molecular weight excluding hydrogens is 304 g/mol. The first kappa shape index (κ1) is 15.4. The standard InChI is InChI=1S/C23H20N2/c1-18-16-24-17-25(18)23(21-10-6-3-7-11-21)22-14-12-20(13-15-22)19-8-4-2-5-9-19/h2-17,23H,1H3. The van der Waals surface area contributed by atoms with Crippen LogP contribution < -0.4 is 0 Å². The molecule has 0 fully saturated rings. The lowest BCUT2D eigenvalue weighted by Gasteiger charge is -2.21. The molecule has 0 aliphatic rings. The number of aryl methyl sites for hydroxylation is 1. The van der Waals surface area contributed by atoms with Crippen LogP contribution in [-0.2, 0) is 0 Å². The van der Waals surface area contributed by atoms with Gasteiger partial charge in [-0.2, -0.15) is 0 Å². The van der Waals surface area contributed by atoms with Gasteiger partial charge in [0.15, 0.2) is 0 Å². The average Bonchev–Trinajstić information content (AvgIpc) is 3.10. The second-order valence-corrected chi connectivity index (χ2v) is 6.24. The van der Waals surface area contributed by atoms with E-state index in [0.717, 1.165) is 5.69 Å². The summed E-state index contributed by atoms with van der Waals surface area (Å²) in [5, 5.41) is 0. The summed E-state index contributed by atoms with van der Waals surface area (Å²) in [6, 6.07) is 30.0. The molecule has 25 heavy (non-hydrogen) atoms. The number of hydrogen-bond acceptors (Lipinski definition) is 1. The molecule has 0 N–H and O–H groups in total. The van der Waals surface area contributed by atoms with Crippen LogP contribution in [-0.4, -0.2) is 9.55 Å². The Morgan fingerprint density at radius 2 is 1.24 bits per heavy atom. The zero-order chi connectivity index (χ0) is 17.1. The Balaban J connectivity index is 1.77. The van der Waals surface area contributed by atoms with Gasteiger partial charge in [-0.1, -0.05) is 84.9 Å². The van der Waals surface area contributed by atoms with Gasteiger partial charge in [-0.25, -0.2) is 4.98 Å². The molecule has 0 saturated heterocycles. The van der Waals surface area contributed by atoms with E-state index in [1.807, 2.05) is 18.6 Å². The Morgan fingerprint density at radius 1 is 0.680 bits per heavy atom. The average molecular weight is 324 g/mol. The minimum Gasteiger partial charge on any atom is -0.323 e. The van der Waals surface area contributed by atoms with Crippen LogP contribution in [0.25, 0.3) is 11.1 Å². The molecule has 3 aromatic carbocycles. The highest BCUT2D eigenvalue weighted by Crippen LogP contribution is 2.29. The Morgan fingerprint density at radius 3 is 1.84 bits per heavy atom. The maximum atomic E-state index is 4.32. The predicted molar refractivity (Wildman–Crippen MR) is 103 cm³/mol. The van der Waals surface area contributed by atoms with Crippen molar-refractivity contribution in [3.05, 3.63) is 114 Å². The number of aromatic nitrogens is 2. The number of hydrogen-bond donors (Lipinski definition) is 0. The molecular formula is C23H20N2. The molecule has 1 atom stereocenters. The predicted octanol–water partition coefficient (Wildman–Crippen LogP) is 5.50. The summed E-state index contributed by atoms with van der Waals surface area (Å²) < 4.78 is 2.23. The van der Waals surface area contributed by atoms with Crippen molar-refractivity contribution in [1.29, 1.82) is 0 Å². The molecule has 122 valence electrons. The number of imidazole rings is 1. The smallest absolute Gasteiger partial charge is 0.0956 e. The first-order valence-corrected chi connectivity index (χ1v) is 8.52. The summed E-state index contributed by atoms with van der Waals surface area (Å²) in [5.74, 6) is 0. The summed E-state index contributed by atoms with van der Waals surface area (Å²) in [5.41, 5.74) is 6.15. The van der Waals surface area contributed by atoms with Gasteiger partial charge in [-0.3, -0.25) is 0 Å². The number of nitrogens with zero attached hydrogens (tertiary/aromatic N) is 2. The zero-order valence-corrected chi connectivity index (χ0v) is 14.2. The molecule has 0 aliphatic heterocycles. The van der Waals surface area contributed by atoms with Crippen LogP contribution in [0, 0.1) is 6.92 Å². The summed E-state index contributed by atoms with van der Waals surface area (Å²) in [4.78, 5) is 4.32. The SMILES string of the molecule is Cc1cncn1C(c1ccccc1)c1ccc(-c2ccccc2)cc1. The van der Waals surface area contributed by atoms with Gasteiger partial charge < -0.3 is 4.57 Å². The molecule has 2 heteroatoms. The summed E-state index contributed by atoms with van der Waals surface area (Å²) >= 11 is 0. The van der Waals surface area contributed by atoms with E-state index >= 15 is 0 Å². The molecule has 0 spiro atoms. The topological polar surface area (TPSA) is 17.8 Å². The summed E-state index contributed by atoms with van der Waals surface area (Å²) in [6.07, 6.45) is 3.83. The van der Waals surface area contributed by atoms with Gasteiger partial charge in [-0.05, 0) is 29.2 Å². The molecule has 0 aliphatic carbocycles. The van der Waals surface area contributed by atoms with E-state index in [0.29, 0.717) is 0 Å². The minimum atomic E-state index is 0.133. The second-order valence-electron chi connectivity index (χ2n) is 6.24. The number of rotatable bonds is 4. The van der Waals surface area contributed by atoms with E-state index in [1.54, 1.807) is 0 Å². The van der Waals surface area contributed by atoms with Gasteiger partial charge in [0.1, 0.15) is 0 Å². The molecule has 0 bridgehead atoms. The van der Waals surface area contributed by atoms with Crippen LogP contribution in [0.4, 0.5) is 0 Å². The monoisotopic (exact) mass is 324 g/mol. The third-order valence-corrected chi connectivity index (χ3v) is 4.59. The first-order valence-electron chi connectivity index (χ1n) is 8.52. The molecule has 1 unspecified atom stereocenters. The molecule has 0 saturated carbocycles. The van der Waals surface area contributed by atoms with E-state index in [-0.39, 0.29) is 6.04 Å². The Kier molecular flexibility index (Phi) is 4.17. The Hall–Kier alpha value is -3.13. The van der Waals surface area contributed by atoms with Crippen molar-refractivity contribution in [3.63, 3.8) is 0 Å². The van der Waals surface area contributed by atoms with Crippen molar-refractivity contribution in [2.75, 3.05) is 0 Å². The van der Waals surface area contributed by atoms with E-state index in [1.165, 1.54) is 22.3 Å². The minimum absolute atomic E-state index is 0.133. The van der Waals surface area contributed by atoms with Crippen molar-refractivity contribution < 1.29 is 0 Å². The lowest BCUT2D eigenvalue weighted by molar-refractivity contribution is 0.659. The highest BCUT2D eigenvalue weighted by Gasteiger charge is 2.17. The third kappa shape index (κ3) is 3.11. The summed E-state index contributed by atoms with van der Waals surface area (Å²) in [6.45, 7) is 2.10. The lowest BCUT2D eigenvalue weighted by atomic mass is 9.96. The van der Waals surface area contributed by atoms with E-state index in [4.69, 9.17) is 0 Å². The van der Waals surface area contributed by atoms with Crippen molar-refractivity contribution in [2.24, 2.45) is 0 Å². The lowest BCUT2D eigenvalue weighted by Crippen LogP contribution is -2.12. The van der Waals surface area contributed by atoms with E-state index in [9.17, 15) is 0 Å². The Labute approximate surface area is 148 Å². The highest BCUT2D eigenvalue weighted by molar-refractivity contribution is 5.63. The van der Waals surface area contributed by atoms with Crippen molar-refractivity contribution in [1.82, 2.24) is 9.55 Å². The van der Waals surface area contributed by atoms with Gasteiger partial charge in [-0.15, -0.1) is 0 Å². The molecule has 1 heterocycles. The van der Waals surface area contributed by atoms with Gasteiger partial charge >= 0.3 is 0 Å². The van der Waals surface area contributed by atoms with Gasteiger partial charge in [0.05, 0.1) is 12.4 Å². The third-order valence-electron chi connectivity index (χ3n) is 4.59. The largest absolute Gasteiger partial charge is 0.323 e. The second kappa shape index (κ2) is 6.78. The van der Waals surface area contributed by atoms with Crippen molar-refractivity contribution in [3.8, 4) is 11.1 Å². The van der Waals surface area contributed by atoms with Gasteiger partial charge in [0.25, 0.3) is 0 Å². The van der Waals surface area contributed by atoms with Crippen LogP contribution in [0.1, 0.15) is 22.9 Å². The van der Waals surface area contributed by atoms with Gasteiger partial charge in [0.2, 0.25) is 0 Å². The van der Waals surface area contributed by atoms with Crippen molar-refractivity contribution >= 4 is 0 Å². The summed E-state index contributed by atoms with van der Waals surface area (Å²) in [7, 11) is 0. The quantitative estimate of drug-likeness (QED) is 0.485. The van der Waals surface area contributed by atoms with E-state index < -0.39 is 0 Å². The molecule has 4 rings (SSSR count). The number of benzene rings is 3. The zero-order valence-electron chi connectivity index (χ0n) is 14.2. The highest BCUT2D eigenvalue weighted by atomic mass is 15.1. The Bertz CT molecular complexity index is 938. The normalized spacial score (nSPS) is 12.0. The molecule has 1 aromatic heterocycles.